The molecule has 0 unspecified atom stereocenters. The van der Waals surface area contributed by atoms with Crippen LogP contribution < -0.4 is 4.74 Å². The van der Waals surface area contributed by atoms with E-state index in [9.17, 15) is 4.79 Å². The van der Waals surface area contributed by atoms with Crippen LogP contribution in [-0.4, -0.2) is 15.7 Å². The van der Waals surface area contributed by atoms with Crippen LogP contribution in [0.25, 0.3) is 5.69 Å². The van der Waals surface area contributed by atoms with E-state index in [0.29, 0.717) is 12.3 Å². The highest BCUT2D eigenvalue weighted by Gasteiger charge is 2.20. The Hall–Kier alpha value is -2.10. The molecule has 0 spiro atoms. The van der Waals surface area contributed by atoms with Crippen LogP contribution in [0, 0.1) is 12.3 Å². The lowest BCUT2D eigenvalue weighted by Crippen LogP contribution is -2.19. The summed E-state index contributed by atoms with van der Waals surface area (Å²) in [7, 11) is 0. The van der Waals surface area contributed by atoms with E-state index in [1.54, 1.807) is 4.68 Å². The molecule has 0 saturated heterocycles. The summed E-state index contributed by atoms with van der Waals surface area (Å²) in [6.45, 7) is 10.1. The number of esters is 1. The highest BCUT2D eigenvalue weighted by Crippen LogP contribution is 2.25. The van der Waals surface area contributed by atoms with Crippen LogP contribution >= 0.6 is 0 Å². The fourth-order valence-corrected chi connectivity index (χ4v) is 2.22. The van der Waals surface area contributed by atoms with Crippen LogP contribution in [0.15, 0.2) is 30.3 Å². The molecule has 2 aromatic rings. The third-order valence-corrected chi connectivity index (χ3v) is 3.33. The molecule has 0 N–H and O–H groups in total. The molecule has 22 heavy (non-hydrogen) atoms. The standard InChI is InChI=1S/C18H24N2O2/c1-6-14-11-16(22-17(21)12-18(3,4)5)20(19-14)15-10-8-7-9-13(15)2/h7-11H,6,12H2,1-5H3. The van der Waals surface area contributed by atoms with Gasteiger partial charge in [-0.2, -0.15) is 5.10 Å². The summed E-state index contributed by atoms with van der Waals surface area (Å²) in [5.74, 6) is 0.255. The Labute approximate surface area is 132 Å². The summed E-state index contributed by atoms with van der Waals surface area (Å²) in [6.07, 6.45) is 1.16. The van der Waals surface area contributed by atoms with Crippen molar-refractivity contribution in [3.63, 3.8) is 0 Å². The van der Waals surface area contributed by atoms with Gasteiger partial charge in [-0.1, -0.05) is 45.9 Å². The summed E-state index contributed by atoms with van der Waals surface area (Å²) in [4.78, 5) is 12.1. The fraction of sp³-hybridized carbons (Fsp3) is 0.444. The number of aromatic nitrogens is 2. The minimum Gasteiger partial charge on any atom is -0.407 e. The summed E-state index contributed by atoms with van der Waals surface area (Å²) in [5, 5.41) is 4.55. The van der Waals surface area contributed by atoms with Crippen molar-refractivity contribution in [2.45, 2.75) is 47.5 Å². The van der Waals surface area contributed by atoms with Crippen LogP contribution in [0.4, 0.5) is 0 Å². The first-order chi connectivity index (χ1) is 10.3. The van der Waals surface area contributed by atoms with E-state index in [0.717, 1.165) is 23.4 Å². The number of benzene rings is 1. The van der Waals surface area contributed by atoms with E-state index in [1.807, 2.05) is 65.0 Å². The quantitative estimate of drug-likeness (QED) is 0.799. The van der Waals surface area contributed by atoms with Crippen molar-refractivity contribution < 1.29 is 9.53 Å². The Kier molecular flexibility index (Phi) is 4.69. The number of carbonyl (C=O) groups is 1. The van der Waals surface area contributed by atoms with Crippen LogP contribution in [0.2, 0.25) is 0 Å². The van der Waals surface area contributed by atoms with Gasteiger partial charge in [0.05, 0.1) is 17.8 Å². The number of nitrogens with zero attached hydrogens (tertiary/aromatic N) is 2. The van der Waals surface area contributed by atoms with Gasteiger partial charge in [0.15, 0.2) is 0 Å². The molecule has 118 valence electrons. The Bertz CT molecular complexity index is 666. The number of hydrogen-bond acceptors (Lipinski definition) is 3. The Morgan fingerprint density at radius 2 is 1.95 bits per heavy atom. The van der Waals surface area contributed by atoms with E-state index < -0.39 is 0 Å². The Balaban J connectivity index is 2.34. The zero-order chi connectivity index (χ0) is 16.3. The van der Waals surface area contributed by atoms with E-state index in [2.05, 4.69) is 5.10 Å². The molecule has 1 aromatic carbocycles. The van der Waals surface area contributed by atoms with Crippen LogP contribution in [0.1, 0.15) is 45.4 Å². The topological polar surface area (TPSA) is 44.1 Å². The van der Waals surface area contributed by atoms with E-state index in [4.69, 9.17) is 4.74 Å². The van der Waals surface area contributed by atoms with Crippen molar-refractivity contribution in [1.82, 2.24) is 9.78 Å². The van der Waals surface area contributed by atoms with Gasteiger partial charge in [0.25, 0.3) is 0 Å². The maximum Gasteiger partial charge on any atom is 0.313 e. The molecule has 0 bridgehead atoms. The smallest absolute Gasteiger partial charge is 0.313 e. The monoisotopic (exact) mass is 300 g/mol. The van der Waals surface area contributed by atoms with E-state index in [-0.39, 0.29) is 11.4 Å². The first-order valence-electron chi connectivity index (χ1n) is 7.66. The van der Waals surface area contributed by atoms with Crippen LogP contribution in [0.3, 0.4) is 0 Å². The molecular weight excluding hydrogens is 276 g/mol. The van der Waals surface area contributed by atoms with Crippen molar-refractivity contribution in [1.29, 1.82) is 0 Å². The maximum absolute atomic E-state index is 12.1. The van der Waals surface area contributed by atoms with Crippen LogP contribution in [0.5, 0.6) is 5.88 Å². The molecule has 0 aliphatic heterocycles. The third-order valence-electron chi connectivity index (χ3n) is 3.33. The zero-order valence-corrected chi connectivity index (χ0v) is 14.0. The summed E-state index contributed by atoms with van der Waals surface area (Å²) >= 11 is 0. The molecule has 0 aliphatic rings. The summed E-state index contributed by atoms with van der Waals surface area (Å²) in [5.41, 5.74) is 2.82. The number of hydrogen-bond donors (Lipinski definition) is 0. The number of carbonyl (C=O) groups excluding carboxylic acids is 1. The molecule has 1 aromatic heterocycles. The molecule has 0 saturated carbocycles. The molecule has 0 aliphatic carbocycles. The van der Waals surface area contributed by atoms with Gasteiger partial charge in [0.1, 0.15) is 0 Å². The molecule has 0 atom stereocenters. The first kappa shape index (κ1) is 16.3. The van der Waals surface area contributed by atoms with E-state index >= 15 is 0 Å². The molecule has 4 heteroatoms. The molecule has 4 nitrogen and oxygen atoms in total. The second-order valence-electron chi connectivity index (χ2n) is 6.74. The molecule has 0 fully saturated rings. The second kappa shape index (κ2) is 6.34. The Morgan fingerprint density at radius 1 is 1.27 bits per heavy atom. The van der Waals surface area contributed by atoms with Gasteiger partial charge in [-0.3, -0.25) is 4.79 Å². The van der Waals surface area contributed by atoms with Gasteiger partial charge in [-0.05, 0) is 30.4 Å². The normalized spacial score (nSPS) is 11.5. The van der Waals surface area contributed by atoms with Gasteiger partial charge >= 0.3 is 5.97 Å². The van der Waals surface area contributed by atoms with Crippen molar-refractivity contribution in [3.8, 4) is 11.6 Å². The zero-order valence-electron chi connectivity index (χ0n) is 14.0. The lowest BCUT2D eigenvalue weighted by molar-refractivity contribution is -0.136. The third kappa shape index (κ3) is 3.97. The first-order valence-corrected chi connectivity index (χ1v) is 7.66. The molecule has 2 rings (SSSR count). The predicted molar refractivity (Wildman–Crippen MR) is 87.4 cm³/mol. The Morgan fingerprint density at radius 3 is 2.55 bits per heavy atom. The van der Waals surface area contributed by atoms with Gasteiger partial charge in [0.2, 0.25) is 5.88 Å². The van der Waals surface area contributed by atoms with Crippen molar-refractivity contribution >= 4 is 5.97 Å². The fourth-order valence-electron chi connectivity index (χ4n) is 2.22. The highest BCUT2D eigenvalue weighted by molar-refractivity contribution is 5.72. The van der Waals surface area contributed by atoms with Gasteiger partial charge in [-0.25, -0.2) is 4.68 Å². The van der Waals surface area contributed by atoms with Crippen molar-refractivity contribution in [3.05, 3.63) is 41.6 Å². The molecule has 0 amide bonds. The van der Waals surface area contributed by atoms with Gasteiger partial charge < -0.3 is 4.74 Å². The van der Waals surface area contributed by atoms with Gasteiger partial charge in [-0.15, -0.1) is 0 Å². The average molecular weight is 300 g/mol. The SMILES string of the molecule is CCc1cc(OC(=O)CC(C)(C)C)n(-c2ccccc2C)n1. The molecule has 1 heterocycles. The number of aryl methyl sites for hydroxylation is 2. The lowest BCUT2D eigenvalue weighted by Gasteiger charge is -2.17. The van der Waals surface area contributed by atoms with E-state index in [1.165, 1.54) is 0 Å². The summed E-state index contributed by atoms with van der Waals surface area (Å²) < 4.78 is 7.29. The minimum absolute atomic E-state index is 0.0990. The summed E-state index contributed by atoms with van der Waals surface area (Å²) in [6, 6.07) is 9.77. The van der Waals surface area contributed by atoms with Gasteiger partial charge in [0, 0.05) is 6.07 Å². The minimum atomic E-state index is -0.232. The molecule has 0 radical (unpaired) electrons. The van der Waals surface area contributed by atoms with Crippen LogP contribution in [-0.2, 0) is 11.2 Å². The number of ether oxygens (including phenoxy) is 1. The molecular formula is C18H24N2O2. The number of para-hydroxylation sites is 1. The van der Waals surface area contributed by atoms with Crippen molar-refractivity contribution in [2.24, 2.45) is 5.41 Å². The predicted octanol–water partition coefficient (Wildman–Crippen LogP) is 4.08. The second-order valence-corrected chi connectivity index (χ2v) is 6.74. The van der Waals surface area contributed by atoms with Crippen molar-refractivity contribution in [2.75, 3.05) is 0 Å². The number of rotatable bonds is 4. The largest absolute Gasteiger partial charge is 0.407 e. The lowest BCUT2D eigenvalue weighted by atomic mass is 9.92. The highest BCUT2D eigenvalue weighted by atomic mass is 16.5. The maximum atomic E-state index is 12.1. The average Bonchev–Trinajstić information content (AvgIpc) is 2.80.